The van der Waals surface area contributed by atoms with Crippen LogP contribution < -0.4 is 0 Å². The number of ether oxygens (including phenoxy) is 3. The molecule has 2 atom stereocenters. The molecule has 1 saturated heterocycles. The number of aromatic nitrogens is 1. The molecule has 186 valence electrons. The van der Waals surface area contributed by atoms with Crippen molar-refractivity contribution in [1.82, 2.24) is 14.8 Å². The van der Waals surface area contributed by atoms with Gasteiger partial charge in [-0.15, -0.1) is 0 Å². The Hall–Kier alpha value is -1.62. The number of hydrogen-bond donors (Lipinski definition) is 1. The topological polar surface area (TPSA) is 101 Å². The summed E-state index contributed by atoms with van der Waals surface area (Å²) in [6.45, 7) is 8.67. The van der Waals surface area contributed by atoms with Gasteiger partial charge in [0.05, 0.1) is 38.5 Å². The minimum Gasteiger partial charge on any atom is -0.449 e. The molecule has 0 spiro atoms. The van der Waals surface area contributed by atoms with Gasteiger partial charge in [-0.2, -0.15) is 0 Å². The van der Waals surface area contributed by atoms with E-state index in [1.54, 1.807) is 31.7 Å². The summed E-state index contributed by atoms with van der Waals surface area (Å²) < 4.78 is 17.0. The van der Waals surface area contributed by atoms with Crippen LogP contribution in [0.5, 0.6) is 0 Å². The normalized spacial score (nSPS) is 17.4. The Kier molecular flexibility index (Phi) is 10.7. The lowest BCUT2D eigenvalue weighted by Crippen LogP contribution is -2.55. The molecular weight excluding hydrogens is 518 g/mol. The number of aliphatic hydroxyl groups is 1. The molecule has 0 saturated carbocycles. The average molecular weight is 551 g/mol. The van der Waals surface area contributed by atoms with Crippen LogP contribution in [0, 0.1) is 0 Å². The second-order valence-corrected chi connectivity index (χ2v) is 10.0. The number of carbonyl (C=O) groups is 2. The van der Waals surface area contributed by atoms with Gasteiger partial charge in [0, 0.05) is 13.1 Å². The summed E-state index contributed by atoms with van der Waals surface area (Å²) in [5.74, 6) is 0. The third-order valence-corrected chi connectivity index (χ3v) is 5.43. The van der Waals surface area contributed by atoms with Crippen LogP contribution in [-0.2, 0) is 14.2 Å². The lowest BCUT2D eigenvalue weighted by molar-refractivity contribution is -0.0307. The van der Waals surface area contributed by atoms with E-state index >= 15 is 0 Å². The Labute approximate surface area is 208 Å². The molecule has 11 heteroatoms. The number of rotatable bonds is 8. The predicted octanol–water partition coefficient (Wildman–Crippen LogP) is 4.41. The van der Waals surface area contributed by atoms with Gasteiger partial charge in [0.2, 0.25) is 0 Å². The molecule has 0 aliphatic carbocycles. The van der Waals surface area contributed by atoms with Gasteiger partial charge < -0.3 is 24.2 Å². The van der Waals surface area contributed by atoms with E-state index in [2.05, 4.69) is 20.9 Å². The molecule has 1 aliphatic heterocycles. The van der Waals surface area contributed by atoms with Crippen molar-refractivity contribution >= 4 is 39.7 Å². The molecule has 33 heavy (non-hydrogen) atoms. The van der Waals surface area contributed by atoms with E-state index in [9.17, 15) is 14.7 Å². The van der Waals surface area contributed by atoms with Crippen LogP contribution in [0.4, 0.5) is 9.59 Å². The first kappa shape index (κ1) is 27.6. The number of hydrogen-bond acceptors (Lipinski definition) is 7. The standard InChI is InChI=1S/C22H33BrClN3O6/c1-5-6-8-32-21(30)27-7-9-31-14-16(27)12-26(20(29)33-22(2,3)4)13-17(28)15-10-18(23)25-19(24)11-15/h10-11,16-17,28H,5-9,12-14H2,1-4H3. The summed E-state index contributed by atoms with van der Waals surface area (Å²) in [5, 5.41) is 11.1. The molecular formula is C22H33BrClN3O6. The summed E-state index contributed by atoms with van der Waals surface area (Å²) in [5.41, 5.74) is -0.239. The van der Waals surface area contributed by atoms with E-state index in [4.69, 9.17) is 25.8 Å². The second kappa shape index (κ2) is 12.7. The van der Waals surface area contributed by atoms with Crippen LogP contribution in [0.3, 0.4) is 0 Å². The van der Waals surface area contributed by atoms with Crippen molar-refractivity contribution in [3.8, 4) is 0 Å². The highest BCUT2D eigenvalue weighted by Gasteiger charge is 2.34. The van der Waals surface area contributed by atoms with Gasteiger partial charge in [-0.25, -0.2) is 14.6 Å². The second-order valence-electron chi connectivity index (χ2n) is 8.84. The summed E-state index contributed by atoms with van der Waals surface area (Å²) in [4.78, 5) is 32.6. The van der Waals surface area contributed by atoms with Crippen LogP contribution in [0.1, 0.15) is 52.2 Å². The zero-order valence-electron chi connectivity index (χ0n) is 19.6. The molecule has 0 bridgehead atoms. The minimum atomic E-state index is -1.05. The van der Waals surface area contributed by atoms with Crippen LogP contribution in [-0.4, -0.2) is 83.2 Å². The zero-order chi connectivity index (χ0) is 24.6. The maximum absolute atomic E-state index is 13.0. The number of unbranched alkanes of at least 4 members (excludes halogenated alkanes) is 1. The fraction of sp³-hybridized carbons (Fsp3) is 0.682. The highest BCUT2D eigenvalue weighted by Crippen LogP contribution is 2.23. The number of halogens is 2. The fourth-order valence-corrected chi connectivity index (χ4v) is 4.00. The Balaban J connectivity index is 2.19. The van der Waals surface area contributed by atoms with E-state index in [0.29, 0.717) is 29.9 Å². The Morgan fingerprint density at radius 3 is 2.79 bits per heavy atom. The van der Waals surface area contributed by atoms with Gasteiger partial charge >= 0.3 is 12.2 Å². The third-order valence-electron chi connectivity index (χ3n) is 4.83. The van der Waals surface area contributed by atoms with E-state index in [1.165, 1.54) is 11.0 Å². The van der Waals surface area contributed by atoms with Crippen molar-refractivity contribution in [2.45, 2.75) is 58.3 Å². The van der Waals surface area contributed by atoms with Gasteiger partial charge in [-0.1, -0.05) is 24.9 Å². The van der Waals surface area contributed by atoms with E-state index in [-0.39, 0.29) is 24.8 Å². The molecule has 9 nitrogen and oxygen atoms in total. The highest BCUT2D eigenvalue weighted by molar-refractivity contribution is 9.10. The average Bonchev–Trinajstić information content (AvgIpc) is 2.71. The Bertz CT molecular complexity index is 787. The smallest absolute Gasteiger partial charge is 0.410 e. The van der Waals surface area contributed by atoms with Gasteiger partial charge in [0.1, 0.15) is 15.4 Å². The van der Waals surface area contributed by atoms with Crippen molar-refractivity contribution in [3.63, 3.8) is 0 Å². The first-order valence-corrected chi connectivity index (χ1v) is 12.2. The summed E-state index contributed by atoms with van der Waals surface area (Å²) in [6.07, 6.45) is -0.402. The molecule has 1 fully saturated rings. The molecule has 0 aromatic carbocycles. The quantitative estimate of drug-likeness (QED) is 0.378. The molecule has 1 aliphatic rings. The minimum absolute atomic E-state index is 0.0725. The molecule has 2 rings (SSSR count). The van der Waals surface area contributed by atoms with E-state index in [1.807, 2.05) is 6.92 Å². The van der Waals surface area contributed by atoms with Crippen LogP contribution in [0.25, 0.3) is 0 Å². The third kappa shape index (κ3) is 9.27. The Morgan fingerprint density at radius 2 is 2.15 bits per heavy atom. The fourth-order valence-electron chi connectivity index (χ4n) is 3.23. The molecule has 2 unspecified atom stereocenters. The predicted molar refractivity (Wildman–Crippen MR) is 127 cm³/mol. The van der Waals surface area contributed by atoms with Crippen LogP contribution in [0.2, 0.25) is 5.15 Å². The molecule has 1 aromatic heterocycles. The molecule has 2 amide bonds. The van der Waals surface area contributed by atoms with Crippen molar-refractivity contribution in [3.05, 3.63) is 27.5 Å². The number of amides is 2. The lowest BCUT2D eigenvalue weighted by atomic mass is 10.1. The maximum atomic E-state index is 13.0. The van der Waals surface area contributed by atoms with Crippen molar-refractivity contribution in [2.75, 3.05) is 39.5 Å². The number of nitrogens with zero attached hydrogens (tertiary/aromatic N) is 3. The molecule has 0 radical (unpaired) electrons. The van der Waals surface area contributed by atoms with Crippen LogP contribution in [0.15, 0.2) is 16.7 Å². The van der Waals surface area contributed by atoms with Gasteiger partial charge in [0.25, 0.3) is 0 Å². The first-order chi connectivity index (χ1) is 15.5. The number of morpholine rings is 1. The largest absolute Gasteiger partial charge is 0.449 e. The Morgan fingerprint density at radius 1 is 1.42 bits per heavy atom. The molecule has 1 N–H and O–H groups in total. The van der Waals surface area contributed by atoms with Gasteiger partial charge in [0.15, 0.2) is 0 Å². The highest BCUT2D eigenvalue weighted by atomic mass is 79.9. The van der Waals surface area contributed by atoms with Crippen LogP contribution >= 0.6 is 27.5 Å². The summed E-state index contributed by atoms with van der Waals surface area (Å²) >= 11 is 9.27. The number of aliphatic hydroxyl groups excluding tert-OH is 1. The summed E-state index contributed by atoms with van der Waals surface area (Å²) in [6, 6.07) is 2.72. The molecule has 2 heterocycles. The lowest BCUT2D eigenvalue weighted by Gasteiger charge is -2.38. The van der Waals surface area contributed by atoms with Gasteiger partial charge in [-0.05, 0) is 60.8 Å². The first-order valence-electron chi connectivity index (χ1n) is 11.0. The zero-order valence-corrected chi connectivity index (χ0v) is 21.9. The number of pyridine rings is 1. The monoisotopic (exact) mass is 549 g/mol. The van der Waals surface area contributed by atoms with Gasteiger partial charge in [-0.3, -0.25) is 4.90 Å². The molecule has 1 aromatic rings. The maximum Gasteiger partial charge on any atom is 0.410 e. The number of carbonyl (C=O) groups excluding carboxylic acids is 2. The SMILES string of the molecule is CCCCOC(=O)N1CCOCC1CN(CC(O)c1cc(Cl)nc(Br)c1)C(=O)OC(C)(C)C. The van der Waals surface area contributed by atoms with E-state index < -0.39 is 29.9 Å². The summed E-state index contributed by atoms with van der Waals surface area (Å²) in [7, 11) is 0. The van der Waals surface area contributed by atoms with Crippen molar-refractivity contribution in [1.29, 1.82) is 0 Å². The van der Waals surface area contributed by atoms with E-state index in [0.717, 1.165) is 12.8 Å². The van der Waals surface area contributed by atoms with Crippen molar-refractivity contribution < 1.29 is 28.9 Å². The van der Waals surface area contributed by atoms with Crippen molar-refractivity contribution in [2.24, 2.45) is 0 Å².